The van der Waals surface area contributed by atoms with E-state index in [1.807, 2.05) is 0 Å². The quantitative estimate of drug-likeness (QED) is 0.638. The van der Waals surface area contributed by atoms with Crippen molar-refractivity contribution in [2.24, 2.45) is 11.8 Å². The Balaban J connectivity index is 1.49. The van der Waals surface area contributed by atoms with Crippen molar-refractivity contribution in [2.45, 2.75) is 89.1 Å². The van der Waals surface area contributed by atoms with Crippen molar-refractivity contribution in [3.05, 3.63) is 24.4 Å². The third-order valence-corrected chi connectivity index (χ3v) is 7.16. The molecule has 7 heteroatoms. The summed E-state index contributed by atoms with van der Waals surface area (Å²) in [5.74, 6) is 0.693. The number of carbonyl (C=O) groups is 3. The van der Waals surface area contributed by atoms with Crippen LogP contribution in [0, 0.1) is 11.8 Å². The number of imide groups is 1. The molecule has 1 aromatic heterocycles. The van der Waals surface area contributed by atoms with E-state index in [-0.39, 0.29) is 11.8 Å². The standard InChI is InChI=1S/C24H34N4O3/c29-22(27-21-13-7-8-14-25-21)20(16-18-11-5-2-6-12-18)28-23(30)19(26-24(28)31)15-17-9-3-1-4-10-17/h7-8,13-14,17-20H,1-6,9-12,15-16H2,(H,26,31)(H,25,27,29)/t19?,20-/m0/s1. The van der Waals surface area contributed by atoms with Gasteiger partial charge in [-0.1, -0.05) is 70.3 Å². The van der Waals surface area contributed by atoms with Crippen LogP contribution in [0.3, 0.4) is 0 Å². The molecule has 4 rings (SSSR count). The zero-order valence-electron chi connectivity index (χ0n) is 18.2. The minimum atomic E-state index is -0.797. The van der Waals surface area contributed by atoms with Crippen molar-refractivity contribution >= 4 is 23.7 Å². The van der Waals surface area contributed by atoms with E-state index in [4.69, 9.17) is 0 Å². The van der Waals surface area contributed by atoms with Crippen LogP contribution in [0.25, 0.3) is 0 Å². The molecule has 1 aliphatic heterocycles. The smallest absolute Gasteiger partial charge is 0.325 e. The summed E-state index contributed by atoms with van der Waals surface area (Å²) < 4.78 is 0. The van der Waals surface area contributed by atoms with Gasteiger partial charge in [0.05, 0.1) is 0 Å². The van der Waals surface area contributed by atoms with Gasteiger partial charge in [0.1, 0.15) is 17.9 Å². The number of rotatable bonds is 7. The van der Waals surface area contributed by atoms with Gasteiger partial charge in [-0.3, -0.25) is 9.59 Å². The van der Waals surface area contributed by atoms with E-state index in [9.17, 15) is 14.4 Å². The van der Waals surface area contributed by atoms with Gasteiger partial charge in [0.15, 0.2) is 0 Å². The van der Waals surface area contributed by atoms with Crippen LogP contribution in [-0.4, -0.2) is 39.8 Å². The van der Waals surface area contributed by atoms with Gasteiger partial charge in [-0.25, -0.2) is 14.7 Å². The van der Waals surface area contributed by atoms with Crippen molar-refractivity contribution < 1.29 is 14.4 Å². The molecule has 3 fully saturated rings. The summed E-state index contributed by atoms with van der Waals surface area (Å²) in [5, 5.41) is 5.70. The Morgan fingerprint density at radius 3 is 2.35 bits per heavy atom. The molecule has 1 unspecified atom stereocenters. The van der Waals surface area contributed by atoms with Gasteiger partial charge in [0.2, 0.25) is 5.91 Å². The van der Waals surface area contributed by atoms with Crippen molar-refractivity contribution in [3.63, 3.8) is 0 Å². The molecule has 7 nitrogen and oxygen atoms in total. The first-order valence-corrected chi connectivity index (χ1v) is 12.0. The van der Waals surface area contributed by atoms with Gasteiger partial charge in [0, 0.05) is 6.20 Å². The molecule has 1 saturated heterocycles. The second kappa shape index (κ2) is 10.2. The molecule has 0 radical (unpaired) electrons. The molecule has 2 N–H and O–H groups in total. The topological polar surface area (TPSA) is 91.4 Å². The van der Waals surface area contributed by atoms with Crippen LogP contribution in [0.1, 0.15) is 77.0 Å². The molecule has 168 valence electrons. The van der Waals surface area contributed by atoms with Crippen molar-refractivity contribution in [3.8, 4) is 0 Å². The van der Waals surface area contributed by atoms with Crippen LogP contribution in [0.15, 0.2) is 24.4 Å². The van der Waals surface area contributed by atoms with E-state index in [0.717, 1.165) is 38.5 Å². The fourth-order valence-corrected chi connectivity index (χ4v) is 5.47. The summed E-state index contributed by atoms with van der Waals surface area (Å²) in [4.78, 5) is 44.8. The van der Waals surface area contributed by atoms with E-state index < -0.39 is 18.1 Å². The number of hydrogen-bond acceptors (Lipinski definition) is 4. The highest BCUT2D eigenvalue weighted by molar-refractivity contribution is 6.09. The van der Waals surface area contributed by atoms with E-state index in [2.05, 4.69) is 15.6 Å². The molecule has 2 atom stereocenters. The number of urea groups is 1. The van der Waals surface area contributed by atoms with E-state index in [0.29, 0.717) is 30.5 Å². The lowest BCUT2D eigenvalue weighted by Crippen LogP contribution is -2.49. The molecule has 0 bridgehead atoms. The third-order valence-electron chi connectivity index (χ3n) is 7.16. The van der Waals surface area contributed by atoms with Gasteiger partial charge in [-0.2, -0.15) is 0 Å². The summed E-state index contributed by atoms with van der Waals surface area (Å²) in [6.07, 6.45) is 14.3. The monoisotopic (exact) mass is 426 g/mol. The number of carbonyl (C=O) groups excluding carboxylic acids is 3. The predicted molar refractivity (Wildman–Crippen MR) is 118 cm³/mol. The first kappa shape index (κ1) is 21.8. The SMILES string of the molecule is O=C(Nc1ccccn1)[C@H](CC1CCCCC1)N1C(=O)NC(CC2CCCCC2)C1=O. The lowest BCUT2D eigenvalue weighted by atomic mass is 9.83. The fraction of sp³-hybridized carbons (Fsp3) is 0.667. The van der Waals surface area contributed by atoms with Crippen molar-refractivity contribution in [1.82, 2.24) is 15.2 Å². The van der Waals surface area contributed by atoms with Crippen LogP contribution in [0.2, 0.25) is 0 Å². The van der Waals surface area contributed by atoms with Gasteiger partial charge in [-0.05, 0) is 36.8 Å². The second-order valence-corrected chi connectivity index (χ2v) is 9.41. The van der Waals surface area contributed by atoms with Gasteiger partial charge < -0.3 is 10.6 Å². The molecule has 1 aromatic rings. The van der Waals surface area contributed by atoms with Gasteiger partial charge in [-0.15, -0.1) is 0 Å². The average Bonchev–Trinajstić information content (AvgIpc) is 3.07. The van der Waals surface area contributed by atoms with Crippen molar-refractivity contribution in [2.75, 3.05) is 5.32 Å². The molecule has 2 heterocycles. The Hall–Kier alpha value is -2.44. The Labute approximate surface area is 184 Å². The highest BCUT2D eigenvalue weighted by Crippen LogP contribution is 2.32. The summed E-state index contributed by atoms with van der Waals surface area (Å²) in [6.45, 7) is 0. The zero-order chi connectivity index (χ0) is 21.6. The number of pyridine rings is 1. The molecular formula is C24H34N4O3. The van der Waals surface area contributed by atoms with Gasteiger partial charge >= 0.3 is 6.03 Å². The second-order valence-electron chi connectivity index (χ2n) is 9.41. The van der Waals surface area contributed by atoms with Crippen LogP contribution in [-0.2, 0) is 9.59 Å². The zero-order valence-corrected chi connectivity index (χ0v) is 18.2. The first-order valence-electron chi connectivity index (χ1n) is 12.0. The highest BCUT2D eigenvalue weighted by atomic mass is 16.2. The minimum Gasteiger partial charge on any atom is -0.326 e. The van der Waals surface area contributed by atoms with Crippen LogP contribution >= 0.6 is 0 Å². The molecule has 31 heavy (non-hydrogen) atoms. The first-order chi connectivity index (χ1) is 15.1. The molecule has 3 aliphatic rings. The van der Waals surface area contributed by atoms with Crippen LogP contribution in [0.5, 0.6) is 0 Å². The third kappa shape index (κ3) is 5.43. The minimum absolute atomic E-state index is 0.243. The van der Waals surface area contributed by atoms with Crippen LogP contribution in [0.4, 0.5) is 10.6 Å². The number of anilines is 1. The van der Waals surface area contributed by atoms with E-state index >= 15 is 0 Å². The lowest BCUT2D eigenvalue weighted by molar-refractivity contribution is -0.134. The summed E-state index contributed by atoms with van der Waals surface area (Å²) in [5.41, 5.74) is 0. The van der Waals surface area contributed by atoms with Crippen molar-refractivity contribution in [1.29, 1.82) is 0 Å². The Morgan fingerprint density at radius 2 is 1.71 bits per heavy atom. The van der Waals surface area contributed by atoms with Crippen LogP contribution < -0.4 is 10.6 Å². The normalized spacial score (nSPS) is 24.1. The molecule has 4 amide bonds. The van der Waals surface area contributed by atoms with E-state index in [1.54, 1.807) is 24.4 Å². The fourth-order valence-electron chi connectivity index (χ4n) is 5.47. The molecule has 2 saturated carbocycles. The predicted octanol–water partition coefficient (Wildman–Crippen LogP) is 4.25. The van der Waals surface area contributed by atoms with E-state index in [1.165, 1.54) is 30.6 Å². The Kier molecular flexibility index (Phi) is 7.20. The molecular weight excluding hydrogens is 392 g/mol. The highest BCUT2D eigenvalue weighted by Gasteiger charge is 2.45. The number of amides is 4. The molecule has 0 spiro atoms. The maximum atomic E-state index is 13.3. The maximum Gasteiger partial charge on any atom is 0.325 e. The number of nitrogens with one attached hydrogen (secondary N) is 2. The Bertz CT molecular complexity index is 772. The number of aromatic nitrogens is 1. The largest absolute Gasteiger partial charge is 0.326 e. The molecule has 0 aromatic carbocycles. The summed E-state index contributed by atoms with van der Waals surface area (Å²) >= 11 is 0. The average molecular weight is 427 g/mol. The Morgan fingerprint density at radius 1 is 1.03 bits per heavy atom. The maximum absolute atomic E-state index is 13.3. The summed E-state index contributed by atoms with van der Waals surface area (Å²) in [7, 11) is 0. The summed E-state index contributed by atoms with van der Waals surface area (Å²) in [6, 6.07) is 3.56. The number of hydrogen-bond donors (Lipinski definition) is 2. The van der Waals surface area contributed by atoms with Gasteiger partial charge in [0.25, 0.3) is 5.91 Å². The molecule has 2 aliphatic carbocycles. The number of nitrogens with zero attached hydrogens (tertiary/aromatic N) is 2. The lowest BCUT2D eigenvalue weighted by Gasteiger charge is -2.30.